The van der Waals surface area contributed by atoms with Crippen LogP contribution in [0.5, 0.6) is 46.0 Å². The average molecular weight is 1160 g/mol. The Labute approximate surface area is 480 Å². The third-order valence-electron chi connectivity index (χ3n) is 13.4. The largest absolute Gasteiger partial charge is 0.481 e. The van der Waals surface area contributed by atoms with Gasteiger partial charge in [-0.1, -0.05) is 186 Å². The molecule has 10 aromatic rings. The zero-order valence-corrected chi connectivity index (χ0v) is 45.8. The third kappa shape index (κ3) is 11.1. The predicted molar refractivity (Wildman–Crippen MR) is 311 cm³/mol. The highest BCUT2D eigenvalue weighted by Gasteiger charge is 2.48. The number of hydrogen-bond donors (Lipinski definition) is 4. The summed E-state index contributed by atoms with van der Waals surface area (Å²) in [5, 5.41) is 22.5. The van der Waals surface area contributed by atoms with Gasteiger partial charge in [0, 0.05) is 43.7 Å². The van der Waals surface area contributed by atoms with Crippen molar-refractivity contribution >= 4 is 62.8 Å². The highest BCUT2D eigenvalue weighted by molar-refractivity contribution is 7.79. The van der Waals surface area contributed by atoms with Crippen LogP contribution in [0.1, 0.15) is 45.9 Å². The van der Waals surface area contributed by atoms with E-state index in [0.29, 0.717) is 77.0 Å². The topological polar surface area (TPSA) is 169 Å². The predicted octanol–water partition coefficient (Wildman–Crippen LogP) is 17.5. The van der Waals surface area contributed by atoms with E-state index >= 15 is 0 Å². The van der Waals surface area contributed by atoms with E-state index < -0.39 is 27.4 Å². The van der Waals surface area contributed by atoms with Gasteiger partial charge >= 0.3 is 10.4 Å². The van der Waals surface area contributed by atoms with Gasteiger partial charge in [-0.25, -0.2) is 0 Å². The lowest BCUT2D eigenvalue weighted by Crippen LogP contribution is -2.29. The molecule has 13 rings (SSSR count). The van der Waals surface area contributed by atoms with E-state index in [0.717, 1.165) is 51.6 Å². The Morgan fingerprint density at radius 1 is 0.425 bits per heavy atom. The van der Waals surface area contributed by atoms with Gasteiger partial charge in [-0.3, -0.25) is 13.9 Å². The summed E-state index contributed by atoms with van der Waals surface area (Å²) in [5.74, 6) is 4.54. The number of fused-ring (bicyclic) bond motifs is 8. The molecule has 0 unspecified atom stereocenters. The molecule has 1 aliphatic carbocycles. The fourth-order valence-electron chi connectivity index (χ4n) is 10.2. The first-order valence-corrected chi connectivity index (χ1v) is 27.4. The first-order chi connectivity index (χ1) is 38.4. The van der Waals surface area contributed by atoms with Gasteiger partial charge in [-0.2, -0.15) is 8.42 Å². The first kappa shape index (κ1) is 55.2. The molecule has 0 fully saturated rings. The minimum atomic E-state index is -4.67. The minimum absolute atomic E-state index is 0.573. The summed E-state index contributed by atoms with van der Waals surface area (Å²) in [7, 11) is -4.67. The maximum Gasteiger partial charge on any atom is 0.394 e. The van der Waals surface area contributed by atoms with Gasteiger partial charge in [0.2, 0.25) is 0 Å². The first-order valence-electron chi connectivity index (χ1n) is 24.5. The maximum absolute atomic E-state index is 12.6. The second-order valence-corrected chi connectivity index (χ2v) is 20.9. The summed E-state index contributed by atoms with van der Waals surface area (Å²) < 4.78 is 56.8. The van der Waals surface area contributed by atoms with Crippen molar-refractivity contribution in [2.24, 2.45) is 0 Å². The van der Waals surface area contributed by atoms with Crippen molar-refractivity contribution in [3.8, 4) is 68.2 Å². The molecule has 2 aliphatic heterocycles. The van der Waals surface area contributed by atoms with Crippen LogP contribution in [0.3, 0.4) is 0 Å². The van der Waals surface area contributed by atoms with Crippen molar-refractivity contribution < 1.29 is 51.5 Å². The summed E-state index contributed by atoms with van der Waals surface area (Å²) in [6, 6.07) is 72.2. The molecule has 11 nitrogen and oxygen atoms in total. The Bertz CT molecular complexity index is 3940. The van der Waals surface area contributed by atoms with E-state index in [9.17, 15) is 5.11 Å². The van der Waals surface area contributed by atoms with Crippen LogP contribution in [-0.2, 0) is 26.2 Å². The summed E-state index contributed by atoms with van der Waals surface area (Å²) in [5.41, 5.74) is 8.28. The Kier molecular flexibility index (Phi) is 15.8. The monoisotopic (exact) mass is 1160 g/mol. The number of ether oxygens (including phenoxy) is 4. The molecule has 80 heavy (non-hydrogen) atoms. The summed E-state index contributed by atoms with van der Waals surface area (Å²) in [6.45, 7) is 1.08. The summed E-state index contributed by atoms with van der Waals surface area (Å²) in [6.07, 6.45) is 0. The van der Waals surface area contributed by atoms with Gasteiger partial charge in [0.1, 0.15) is 5.60 Å². The van der Waals surface area contributed by atoms with Crippen molar-refractivity contribution in [3.63, 3.8) is 0 Å². The maximum atomic E-state index is 12.6. The van der Waals surface area contributed by atoms with Gasteiger partial charge in [0.05, 0.1) is 5.41 Å². The molecule has 400 valence electrons. The van der Waals surface area contributed by atoms with Crippen LogP contribution >= 0.6 is 46.4 Å². The van der Waals surface area contributed by atoms with Crippen molar-refractivity contribution in [2.75, 3.05) is 0 Å². The van der Waals surface area contributed by atoms with Crippen LogP contribution in [0.4, 0.5) is 0 Å². The molecule has 10 aromatic carbocycles. The van der Waals surface area contributed by atoms with Crippen molar-refractivity contribution in [1.29, 1.82) is 0 Å². The number of rotatable bonds is 6. The van der Waals surface area contributed by atoms with Crippen LogP contribution in [0.2, 0.25) is 20.1 Å². The molecule has 16 heteroatoms. The van der Waals surface area contributed by atoms with Crippen LogP contribution in [-0.4, -0.2) is 33.7 Å². The molecule has 0 spiro atoms. The smallest absolute Gasteiger partial charge is 0.394 e. The van der Waals surface area contributed by atoms with E-state index in [1.807, 2.05) is 146 Å². The lowest BCUT2D eigenvalue weighted by molar-refractivity contribution is -0.134. The molecule has 0 atom stereocenters. The number of para-hydroxylation sites is 5. The van der Waals surface area contributed by atoms with E-state index in [1.54, 1.807) is 24.3 Å². The van der Waals surface area contributed by atoms with Crippen molar-refractivity contribution in [1.82, 2.24) is 0 Å². The Hall–Kier alpha value is -8.14. The second kappa shape index (κ2) is 22.9. The van der Waals surface area contributed by atoms with Crippen LogP contribution in [0.15, 0.2) is 224 Å². The molecule has 0 aromatic heterocycles. The van der Waals surface area contributed by atoms with Crippen LogP contribution in [0.25, 0.3) is 22.3 Å². The number of hydrogen-bond acceptors (Lipinski definition) is 8. The van der Waals surface area contributed by atoms with Crippen molar-refractivity contribution in [2.45, 2.75) is 17.9 Å². The van der Waals surface area contributed by atoms with Gasteiger partial charge in [-0.15, -0.1) is 0 Å². The third-order valence-corrected chi connectivity index (χ3v) is 14.4. The molecular formula is C64H44Cl4O11S. The quantitative estimate of drug-likeness (QED) is 0.0923. The Balaban J connectivity index is 0.000000157. The van der Waals surface area contributed by atoms with Gasteiger partial charge < -0.3 is 29.2 Å². The minimum Gasteiger partial charge on any atom is -0.481 e. The normalized spacial score (nSPS) is 12.7. The number of carboxylic acids is 1. The second-order valence-electron chi connectivity index (χ2n) is 18.3. The molecule has 0 amide bonds. The Morgan fingerprint density at radius 3 is 1.27 bits per heavy atom. The number of benzene rings is 10. The molecule has 2 heterocycles. The number of carboxylic acid groups (broad SMARTS) is 1. The molecule has 0 bridgehead atoms. The standard InChI is InChI=1S/C31H20Cl2O3.C31H18Cl2O2.C2H4O2.H2O4S/c32-22-16-12-20(13-17-22)31(34,21-14-18-23(33)19-15-21)26-8-2-1-6-24(26)25-7-5-11-29-30(25)36-28-10-4-3-9-27(28)35-29;32-21-13-9-19(10-14-21)31(20-11-15-22(33)16-12-20)24-6-2-1-5-23(24)29-25(31)17-18-28-30(29)35-27-8-4-3-7-26(27)34-28;1-2(3)4;1-5(2,3)4/h1-19,34H;1-18H;1H3,(H,3,4);(H2,1,2,3,4). The molecular weight excluding hydrogens is 1120 g/mol. The lowest BCUT2D eigenvalue weighted by atomic mass is 9.68. The molecule has 0 saturated heterocycles. The van der Waals surface area contributed by atoms with E-state index in [1.165, 1.54) is 5.56 Å². The fourth-order valence-corrected chi connectivity index (χ4v) is 10.7. The zero-order valence-electron chi connectivity index (χ0n) is 41.9. The molecule has 4 N–H and O–H groups in total. The van der Waals surface area contributed by atoms with E-state index in [4.69, 9.17) is 92.8 Å². The molecule has 0 saturated carbocycles. The number of aliphatic carboxylic acids is 1. The van der Waals surface area contributed by atoms with Gasteiger partial charge in [0.25, 0.3) is 5.97 Å². The van der Waals surface area contributed by atoms with Crippen LogP contribution < -0.4 is 18.9 Å². The van der Waals surface area contributed by atoms with Crippen LogP contribution in [0, 0.1) is 0 Å². The highest BCUT2D eigenvalue weighted by Crippen LogP contribution is 2.62. The van der Waals surface area contributed by atoms with Gasteiger partial charge in [-0.05, 0) is 129 Å². The SMILES string of the molecule is CC(=O)O.Clc1ccc(C2(c3ccc(Cl)cc3)c3ccccc3-c3c2ccc2c3Oc3ccccc3O2)cc1.O=S(=O)(O)O.OC(c1ccc(Cl)cc1)(c1ccc(Cl)cc1)c1ccccc1-c1cccc2c1Oc1ccccc1O2. The highest BCUT2D eigenvalue weighted by atomic mass is 35.5. The molecule has 3 aliphatic rings. The van der Waals surface area contributed by atoms with E-state index in [2.05, 4.69) is 54.6 Å². The lowest BCUT2D eigenvalue weighted by Gasteiger charge is -2.34. The number of halogens is 4. The average Bonchev–Trinajstić information content (AvgIpc) is 4.02. The van der Waals surface area contributed by atoms with Gasteiger partial charge in [0.15, 0.2) is 46.0 Å². The number of aliphatic hydroxyl groups is 1. The zero-order chi connectivity index (χ0) is 56.3. The fraction of sp³-hybridized carbons (Fsp3) is 0.0469. The summed E-state index contributed by atoms with van der Waals surface area (Å²) in [4.78, 5) is 9.00. The number of carbonyl (C=O) groups is 1. The van der Waals surface area contributed by atoms with Crippen molar-refractivity contribution in [3.05, 3.63) is 283 Å². The summed E-state index contributed by atoms with van der Waals surface area (Å²) >= 11 is 25.0. The molecule has 0 radical (unpaired) electrons. The Morgan fingerprint density at radius 2 is 0.787 bits per heavy atom. The van der Waals surface area contributed by atoms with E-state index in [-0.39, 0.29) is 0 Å².